The average molecular weight is 160 g/mol. The van der Waals surface area contributed by atoms with E-state index < -0.39 is 0 Å². The largest absolute Gasteiger partial charge is 0.412 e. The van der Waals surface area contributed by atoms with Crippen LogP contribution in [-0.2, 0) is 9.59 Å². The van der Waals surface area contributed by atoms with Crippen LogP contribution in [0.3, 0.4) is 0 Å². The highest BCUT2D eigenvalue weighted by Crippen LogP contribution is 1.80. The van der Waals surface area contributed by atoms with Crippen LogP contribution in [-0.4, -0.2) is 45.6 Å². The summed E-state index contributed by atoms with van der Waals surface area (Å²) in [6.07, 6.45) is 0.0833. The van der Waals surface area contributed by atoms with Crippen molar-refractivity contribution in [3.8, 4) is 0 Å². The van der Waals surface area contributed by atoms with Crippen LogP contribution in [0, 0.1) is 0 Å². The Balaban J connectivity index is -0.0000000600. The Hall–Kier alpha value is 0.0262. The highest BCUT2D eigenvalue weighted by atomic mass is 24.3. The lowest BCUT2D eigenvalue weighted by Gasteiger charge is -1.81. The topological polar surface area (TPSA) is 97.1 Å². The molecule has 0 aromatic rings. The van der Waals surface area contributed by atoms with Gasteiger partial charge in [-0.05, 0) is 13.8 Å². The van der Waals surface area contributed by atoms with Gasteiger partial charge in [0.2, 0.25) is 0 Å². The van der Waals surface area contributed by atoms with Crippen molar-refractivity contribution in [1.82, 2.24) is 0 Å². The molecule has 4 nitrogen and oxygen atoms in total. The third-order valence-electron chi connectivity index (χ3n) is 0.498. The zero-order valence-corrected chi connectivity index (χ0v) is 7.64. The lowest BCUT2D eigenvalue weighted by molar-refractivity contribution is -0.124. The smallest absolute Gasteiger partial charge is 0.137 e. The number of ketones is 2. The lowest BCUT2D eigenvalue weighted by Crippen LogP contribution is -1.97. The van der Waals surface area contributed by atoms with Crippen LogP contribution in [0.2, 0.25) is 0 Å². The van der Waals surface area contributed by atoms with Crippen LogP contribution in [0.15, 0.2) is 0 Å². The maximum absolute atomic E-state index is 10.0. The second kappa shape index (κ2) is 11.8. The SMILES string of the molecule is CC(=O)CC(C)=O.O.O.[Mg]. The molecule has 0 aliphatic heterocycles. The Morgan fingerprint density at radius 2 is 1.20 bits per heavy atom. The van der Waals surface area contributed by atoms with Crippen molar-refractivity contribution in [2.75, 3.05) is 0 Å². The summed E-state index contributed by atoms with van der Waals surface area (Å²) in [5.41, 5.74) is 0. The fourth-order valence-electron chi connectivity index (χ4n) is 0.351. The molecule has 0 atom stereocenters. The molecule has 0 aliphatic rings. The summed E-state index contributed by atoms with van der Waals surface area (Å²) < 4.78 is 0. The fourth-order valence-corrected chi connectivity index (χ4v) is 0.351. The van der Waals surface area contributed by atoms with Gasteiger partial charge in [-0.2, -0.15) is 0 Å². The van der Waals surface area contributed by atoms with Crippen LogP contribution in [0.4, 0.5) is 0 Å². The number of carbonyl (C=O) groups is 2. The predicted molar refractivity (Wildman–Crippen MR) is 39.0 cm³/mol. The average Bonchev–Trinajstić information content (AvgIpc) is 1.27. The van der Waals surface area contributed by atoms with E-state index >= 15 is 0 Å². The first-order valence-electron chi connectivity index (χ1n) is 2.12. The van der Waals surface area contributed by atoms with Crippen molar-refractivity contribution in [2.24, 2.45) is 0 Å². The molecule has 0 rings (SSSR count). The van der Waals surface area contributed by atoms with Gasteiger partial charge in [-0.25, -0.2) is 0 Å². The summed E-state index contributed by atoms with van der Waals surface area (Å²) in [7, 11) is 0. The minimum Gasteiger partial charge on any atom is -0.412 e. The maximum Gasteiger partial charge on any atom is 0.137 e. The first kappa shape index (κ1) is 22.5. The van der Waals surface area contributed by atoms with Crippen LogP contribution in [0.5, 0.6) is 0 Å². The Labute approximate surface area is 75.8 Å². The summed E-state index contributed by atoms with van der Waals surface area (Å²) in [5.74, 6) is -0.125. The predicted octanol–water partition coefficient (Wildman–Crippen LogP) is -1.48. The van der Waals surface area contributed by atoms with Crippen molar-refractivity contribution in [1.29, 1.82) is 0 Å². The molecule has 0 saturated carbocycles. The number of hydrogen-bond donors (Lipinski definition) is 0. The molecule has 58 valence electrons. The van der Waals surface area contributed by atoms with Gasteiger partial charge in [-0.1, -0.05) is 0 Å². The quantitative estimate of drug-likeness (QED) is 0.364. The molecule has 0 aromatic heterocycles. The highest BCUT2D eigenvalue weighted by molar-refractivity contribution is 5.96. The van der Waals surface area contributed by atoms with Crippen LogP contribution >= 0.6 is 0 Å². The van der Waals surface area contributed by atoms with Gasteiger partial charge in [0.25, 0.3) is 0 Å². The van der Waals surface area contributed by atoms with Crippen LogP contribution < -0.4 is 0 Å². The fraction of sp³-hybridized carbons (Fsp3) is 0.600. The van der Waals surface area contributed by atoms with E-state index in [-0.39, 0.29) is 52.0 Å². The standard InChI is InChI=1S/C5H8O2.Mg.2H2O/c1-4(6)3-5(2)7;;;/h3H2,1-2H3;;2*1H2. The molecule has 0 amide bonds. The molecule has 0 fully saturated rings. The summed E-state index contributed by atoms with van der Waals surface area (Å²) in [6.45, 7) is 2.81. The number of carbonyl (C=O) groups excluding carboxylic acids is 2. The molecular formula is C5H12MgO4. The van der Waals surface area contributed by atoms with E-state index in [1.165, 1.54) is 13.8 Å². The van der Waals surface area contributed by atoms with Gasteiger partial charge in [-0.3, -0.25) is 9.59 Å². The molecule has 0 aliphatic carbocycles. The first-order chi connectivity index (χ1) is 3.13. The van der Waals surface area contributed by atoms with Gasteiger partial charge in [0.1, 0.15) is 11.6 Å². The summed E-state index contributed by atoms with van der Waals surface area (Å²) in [6, 6.07) is 0. The minimum atomic E-state index is -0.0625. The Bertz CT molecular complexity index is 89.8. The maximum atomic E-state index is 10.0. The molecule has 0 unspecified atom stereocenters. The molecule has 0 heterocycles. The molecule has 10 heavy (non-hydrogen) atoms. The molecular weight excluding hydrogens is 148 g/mol. The summed E-state index contributed by atoms with van der Waals surface area (Å²) in [4.78, 5) is 20.1. The van der Waals surface area contributed by atoms with Crippen molar-refractivity contribution >= 4 is 34.6 Å². The number of Topliss-reactive ketones (excluding diaryl/α,β-unsaturated/α-hetero) is 2. The molecule has 5 heteroatoms. The van der Waals surface area contributed by atoms with E-state index in [2.05, 4.69) is 0 Å². The van der Waals surface area contributed by atoms with Crippen molar-refractivity contribution in [3.63, 3.8) is 0 Å². The second-order valence-corrected chi connectivity index (χ2v) is 1.58. The number of rotatable bonds is 2. The molecule has 4 N–H and O–H groups in total. The van der Waals surface area contributed by atoms with Crippen molar-refractivity contribution in [2.45, 2.75) is 20.3 Å². The van der Waals surface area contributed by atoms with E-state index in [9.17, 15) is 9.59 Å². The highest BCUT2D eigenvalue weighted by Gasteiger charge is 1.94. The van der Waals surface area contributed by atoms with E-state index in [0.29, 0.717) is 0 Å². The molecule has 0 saturated heterocycles. The van der Waals surface area contributed by atoms with E-state index in [1.54, 1.807) is 0 Å². The Morgan fingerprint density at radius 3 is 1.20 bits per heavy atom. The second-order valence-electron chi connectivity index (χ2n) is 1.58. The van der Waals surface area contributed by atoms with Crippen molar-refractivity contribution < 1.29 is 20.5 Å². The minimum absolute atomic E-state index is 0. The van der Waals surface area contributed by atoms with Gasteiger partial charge >= 0.3 is 0 Å². The van der Waals surface area contributed by atoms with Gasteiger partial charge in [0.05, 0.1) is 6.42 Å². The third kappa shape index (κ3) is 24.4. The van der Waals surface area contributed by atoms with Gasteiger partial charge in [-0.15, -0.1) is 0 Å². The van der Waals surface area contributed by atoms with Gasteiger partial charge in [0, 0.05) is 23.1 Å². The number of hydrogen-bond acceptors (Lipinski definition) is 2. The van der Waals surface area contributed by atoms with E-state index in [4.69, 9.17) is 0 Å². The lowest BCUT2D eigenvalue weighted by atomic mass is 10.2. The van der Waals surface area contributed by atoms with Gasteiger partial charge in [0.15, 0.2) is 0 Å². The molecule has 0 aromatic carbocycles. The monoisotopic (exact) mass is 160 g/mol. The zero-order chi connectivity index (χ0) is 5.86. The van der Waals surface area contributed by atoms with E-state index in [0.717, 1.165) is 0 Å². The zero-order valence-electron chi connectivity index (χ0n) is 6.23. The van der Waals surface area contributed by atoms with Crippen molar-refractivity contribution in [3.05, 3.63) is 0 Å². The van der Waals surface area contributed by atoms with Crippen LogP contribution in [0.1, 0.15) is 20.3 Å². The molecule has 0 spiro atoms. The summed E-state index contributed by atoms with van der Waals surface area (Å²) in [5, 5.41) is 0. The third-order valence-corrected chi connectivity index (χ3v) is 0.498. The Kier molecular flexibility index (Phi) is 26.5. The Morgan fingerprint density at radius 1 is 1.00 bits per heavy atom. The molecule has 0 bridgehead atoms. The van der Waals surface area contributed by atoms with Crippen LogP contribution in [0.25, 0.3) is 0 Å². The normalized spacial score (nSPS) is 5.80. The summed E-state index contributed by atoms with van der Waals surface area (Å²) >= 11 is 0. The first-order valence-corrected chi connectivity index (χ1v) is 2.12. The molecule has 2 radical (unpaired) electrons. The van der Waals surface area contributed by atoms with Gasteiger partial charge < -0.3 is 11.0 Å². The van der Waals surface area contributed by atoms with E-state index in [1.807, 2.05) is 0 Å².